The molecule has 1 aromatic carbocycles. The first kappa shape index (κ1) is 10.6. The number of aromatic nitrogens is 2. The van der Waals surface area contributed by atoms with Crippen molar-refractivity contribution in [3.8, 4) is 5.75 Å². The monoisotopic (exact) mass is 231 g/mol. The van der Waals surface area contributed by atoms with Crippen molar-refractivity contribution in [3.05, 3.63) is 24.0 Å². The van der Waals surface area contributed by atoms with Gasteiger partial charge in [0, 0.05) is 18.5 Å². The Morgan fingerprint density at radius 1 is 1.41 bits per heavy atom. The van der Waals surface area contributed by atoms with Gasteiger partial charge in [0.25, 0.3) is 0 Å². The number of hydrogen-bond donors (Lipinski definition) is 2. The maximum absolute atomic E-state index is 5.22. The zero-order valence-electron chi connectivity index (χ0n) is 9.99. The maximum atomic E-state index is 5.22. The summed E-state index contributed by atoms with van der Waals surface area (Å²) in [6.45, 7) is 2.15. The third kappa shape index (κ3) is 2.00. The van der Waals surface area contributed by atoms with Gasteiger partial charge in [-0.2, -0.15) is 0 Å². The normalized spacial score (nSPS) is 20.6. The molecule has 0 amide bonds. The number of piperidine rings is 1. The van der Waals surface area contributed by atoms with Crippen LogP contribution in [0.4, 0.5) is 0 Å². The minimum absolute atomic E-state index is 0.516. The summed E-state index contributed by atoms with van der Waals surface area (Å²) in [6.07, 6.45) is 2.44. The molecule has 4 heteroatoms. The Morgan fingerprint density at radius 2 is 2.35 bits per heavy atom. The number of methoxy groups -OCH3 is 1. The maximum Gasteiger partial charge on any atom is 0.121 e. The van der Waals surface area contributed by atoms with Crippen LogP contribution in [-0.2, 0) is 0 Å². The van der Waals surface area contributed by atoms with Crippen LogP contribution in [0.1, 0.15) is 24.6 Å². The fraction of sp³-hybridized carbons (Fsp3) is 0.462. The molecule has 0 radical (unpaired) electrons. The van der Waals surface area contributed by atoms with Crippen molar-refractivity contribution < 1.29 is 4.74 Å². The van der Waals surface area contributed by atoms with Crippen LogP contribution in [0.25, 0.3) is 11.0 Å². The van der Waals surface area contributed by atoms with E-state index in [4.69, 9.17) is 4.74 Å². The molecule has 2 aromatic rings. The number of nitrogens with zero attached hydrogens (tertiary/aromatic N) is 1. The van der Waals surface area contributed by atoms with Gasteiger partial charge in [0.15, 0.2) is 0 Å². The van der Waals surface area contributed by atoms with E-state index in [9.17, 15) is 0 Å². The average Bonchev–Trinajstić information content (AvgIpc) is 2.82. The Kier molecular flexibility index (Phi) is 2.73. The lowest BCUT2D eigenvalue weighted by molar-refractivity contribution is 0.415. The second-order valence-electron chi connectivity index (χ2n) is 4.55. The van der Waals surface area contributed by atoms with E-state index in [-0.39, 0.29) is 0 Å². The highest BCUT2D eigenvalue weighted by molar-refractivity contribution is 5.76. The van der Waals surface area contributed by atoms with E-state index in [0.29, 0.717) is 5.92 Å². The highest BCUT2D eigenvalue weighted by Crippen LogP contribution is 2.25. The van der Waals surface area contributed by atoms with Gasteiger partial charge in [-0.15, -0.1) is 0 Å². The Hall–Kier alpha value is -1.55. The van der Waals surface area contributed by atoms with Gasteiger partial charge < -0.3 is 15.0 Å². The smallest absolute Gasteiger partial charge is 0.121 e. The summed E-state index contributed by atoms with van der Waals surface area (Å²) in [5.41, 5.74) is 2.08. The second kappa shape index (κ2) is 4.37. The van der Waals surface area contributed by atoms with E-state index in [2.05, 4.69) is 15.3 Å². The molecule has 1 aliphatic rings. The van der Waals surface area contributed by atoms with Crippen molar-refractivity contribution in [1.29, 1.82) is 0 Å². The average molecular weight is 231 g/mol. The number of H-pyrrole nitrogens is 1. The summed E-state index contributed by atoms with van der Waals surface area (Å²) < 4.78 is 5.22. The summed E-state index contributed by atoms with van der Waals surface area (Å²) in [5, 5.41) is 3.42. The van der Waals surface area contributed by atoms with Crippen LogP contribution in [0.5, 0.6) is 5.75 Å². The molecule has 0 spiro atoms. The van der Waals surface area contributed by atoms with Gasteiger partial charge in [0.05, 0.1) is 18.1 Å². The minimum atomic E-state index is 0.516. The number of fused-ring (bicyclic) bond motifs is 1. The van der Waals surface area contributed by atoms with Crippen molar-refractivity contribution in [2.24, 2.45) is 0 Å². The third-order valence-corrected chi connectivity index (χ3v) is 3.39. The molecule has 2 heterocycles. The Labute approximate surface area is 100 Å². The van der Waals surface area contributed by atoms with Crippen molar-refractivity contribution in [1.82, 2.24) is 15.3 Å². The molecule has 17 heavy (non-hydrogen) atoms. The molecule has 1 saturated heterocycles. The number of ether oxygens (including phenoxy) is 1. The van der Waals surface area contributed by atoms with Crippen molar-refractivity contribution in [2.45, 2.75) is 18.8 Å². The molecule has 0 unspecified atom stereocenters. The van der Waals surface area contributed by atoms with E-state index < -0.39 is 0 Å². The zero-order chi connectivity index (χ0) is 11.7. The molecule has 2 N–H and O–H groups in total. The second-order valence-corrected chi connectivity index (χ2v) is 4.55. The van der Waals surface area contributed by atoms with Crippen LogP contribution in [0.3, 0.4) is 0 Å². The molecule has 4 nitrogen and oxygen atoms in total. The van der Waals surface area contributed by atoms with Gasteiger partial charge in [-0.1, -0.05) is 0 Å². The lowest BCUT2D eigenvalue weighted by Gasteiger charge is -2.20. The van der Waals surface area contributed by atoms with E-state index in [0.717, 1.165) is 35.7 Å². The van der Waals surface area contributed by atoms with Crippen LogP contribution < -0.4 is 10.1 Å². The van der Waals surface area contributed by atoms with Gasteiger partial charge in [-0.05, 0) is 31.5 Å². The highest BCUT2D eigenvalue weighted by Gasteiger charge is 2.18. The first-order valence-electron chi connectivity index (χ1n) is 6.11. The van der Waals surface area contributed by atoms with Crippen LogP contribution in [0, 0.1) is 0 Å². The first-order valence-corrected chi connectivity index (χ1v) is 6.11. The molecule has 1 aromatic heterocycles. The van der Waals surface area contributed by atoms with E-state index >= 15 is 0 Å². The molecular weight excluding hydrogens is 214 g/mol. The largest absolute Gasteiger partial charge is 0.497 e. The Bertz CT molecular complexity index is 514. The minimum Gasteiger partial charge on any atom is -0.497 e. The molecule has 1 aliphatic heterocycles. The standard InChI is InChI=1S/C13H17N3O/c1-17-10-4-5-11-12(7-10)16-13(15-11)9-3-2-6-14-8-9/h4-5,7,9,14H,2-3,6,8H2,1H3,(H,15,16)/t9-/m1/s1. The molecule has 1 fully saturated rings. The van der Waals surface area contributed by atoms with Crippen LogP contribution in [0.15, 0.2) is 18.2 Å². The summed E-state index contributed by atoms with van der Waals surface area (Å²) in [7, 11) is 1.68. The fourth-order valence-electron chi connectivity index (χ4n) is 2.41. The number of nitrogens with one attached hydrogen (secondary N) is 2. The molecular formula is C13H17N3O. The van der Waals surface area contributed by atoms with Crippen molar-refractivity contribution in [2.75, 3.05) is 20.2 Å². The number of aromatic amines is 1. The predicted octanol–water partition coefficient (Wildman–Crippen LogP) is 2.04. The van der Waals surface area contributed by atoms with Crippen LogP contribution in [-0.4, -0.2) is 30.2 Å². The Balaban J connectivity index is 1.95. The number of hydrogen-bond acceptors (Lipinski definition) is 3. The van der Waals surface area contributed by atoms with Crippen LogP contribution >= 0.6 is 0 Å². The highest BCUT2D eigenvalue weighted by atomic mass is 16.5. The van der Waals surface area contributed by atoms with Gasteiger partial charge >= 0.3 is 0 Å². The van der Waals surface area contributed by atoms with E-state index in [1.807, 2.05) is 18.2 Å². The molecule has 0 aliphatic carbocycles. The van der Waals surface area contributed by atoms with Gasteiger partial charge in [0.1, 0.15) is 11.6 Å². The first-order chi connectivity index (χ1) is 8.36. The lowest BCUT2D eigenvalue weighted by Crippen LogP contribution is -2.28. The van der Waals surface area contributed by atoms with E-state index in [1.54, 1.807) is 7.11 Å². The van der Waals surface area contributed by atoms with Gasteiger partial charge in [0.2, 0.25) is 0 Å². The fourth-order valence-corrected chi connectivity index (χ4v) is 2.41. The van der Waals surface area contributed by atoms with Gasteiger partial charge in [-0.3, -0.25) is 0 Å². The number of benzene rings is 1. The van der Waals surface area contributed by atoms with Crippen molar-refractivity contribution >= 4 is 11.0 Å². The van der Waals surface area contributed by atoms with Crippen molar-refractivity contribution in [3.63, 3.8) is 0 Å². The zero-order valence-corrected chi connectivity index (χ0v) is 9.99. The SMILES string of the molecule is COc1ccc2nc([C@@H]3CCCNC3)[nH]c2c1. The summed E-state index contributed by atoms with van der Waals surface area (Å²) in [5.74, 6) is 2.48. The molecule has 90 valence electrons. The molecule has 0 saturated carbocycles. The van der Waals surface area contributed by atoms with Gasteiger partial charge in [-0.25, -0.2) is 4.98 Å². The number of imidazole rings is 1. The summed E-state index contributed by atoms with van der Waals surface area (Å²) in [4.78, 5) is 8.07. The summed E-state index contributed by atoms with van der Waals surface area (Å²) >= 11 is 0. The lowest BCUT2D eigenvalue weighted by atomic mass is 9.99. The topological polar surface area (TPSA) is 49.9 Å². The molecule has 3 rings (SSSR count). The summed E-state index contributed by atoms with van der Waals surface area (Å²) in [6, 6.07) is 5.96. The van der Waals surface area contributed by atoms with Crippen LogP contribution in [0.2, 0.25) is 0 Å². The van der Waals surface area contributed by atoms with E-state index in [1.165, 1.54) is 12.8 Å². The predicted molar refractivity (Wildman–Crippen MR) is 67.5 cm³/mol. The quantitative estimate of drug-likeness (QED) is 0.831. The molecule has 1 atom stereocenters. The molecule has 0 bridgehead atoms. The number of rotatable bonds is 2. The Morgan fingerprint density at radius 3 is 3.12 bits per heavy atom. The third-order valence-electron chi connectivity index (χ3n) is 3.39.